The van der Waals surface area contributed by atoms with Crippen LogP contribution in [0.25, 0.3) is 0 Å². The van der Waals surface area contributed by atoms with Crippen molar-refractivity contribution in [3.63, 3.8) is 0 Å². The van der Waals surface area contributed by atoms with Crippen LogP contribution in [0.1, 0.15) is 16.8 Å². The van der Waals surface area contributed by atoms with E-state index in [1.807, 2.05) is 12.2 Å². The average Bonchev–Trinajstić information content (AvgIpc) is 3.16. The first kappa shape index (κ1) is 16.5. The zero-order chi connectivity index (χ0) is 17.4. The topological polar surface area (TPSA) is 92.7 Å². The van der Waals surface area contributed by atoms with E-state index in [2.05, 4.69) is 10.1 Å². The quantitative estimate of drug-likeness (QED) is 0.643. The summed E-state index contributed by atoms with van der Waals surface area (Å²) in [5.41, 5.74) is 0.514. The Kier molecular flexibility index (Phi) is 4.32. The number of carbonyl (C=O) groups is 3. The highest BCUT2D eigenvalue weighted by molar-refractivity contribution is 6.33. The zero-order valence-corrected chi connectivity index (χ0v) is 13.6. The van der Waals surface area contributed by atoms with Gasteiger partial charge in [-0.05, 0) is 36.5 Å². The number of allylic oxidation sites excluding steroid dienone is 2. The summed E-state index contributed by atoms with van der Waals surface area (Å²) in [7, 11) is 1.24. The van der Waals surface area contributed by atoms with E-state index < -0.39 is 23.8 Å². The number of amides is 1. The molecule has 4 atom stereocenters. The Hall–Kier alpha value is -2.34. The van der Waals surface area contributed by atoms with E-state index in [-0.39, 0.29) is 28.3 Å². The van der Waals surface area contributed by atoms with Gasteiger partial charge in [-0.3, -0.25) is 9.59 Å². The SMILES string of the molecule is COC(=O)c1cc(NC(=O)[C@H]2[C@@H](C(=O)O)[C@H]3C=C[C@H]2C3)ccc1Cl. The highest BCUT2D eigenvalue weighted by Crippen LogP contribution is 2.48. The van der Waals surface area contributed by atoms with Crippen molar-refractivity contribution in [1.29, 1.82) is 0 Å². The van der Waals surface area contributed by atoms with Crippen LogP contribution in [0.4, 0.5) is 5.69 Å². The van der Waals surface area contributed by atoms with E-state index in [9.17, 15) is 19.5 Å². The minimum absolute atomic E-state index is 0.0662. The van der Waals surface area contributed by atoms with E-state index >= 15 is 0 Å². The largest absolute Gasteiger partial charge is 0.481 e. The molecular weight excluding hydrogens is 334 g/mol. The van der Waals surface area contributed by atoms with E-state index in [0.717, 1.165) is 0 Å². The third-order valence-electron chi connectivity index (χ3n) is 4.69. The molecule has 24 heavy (non-hydrogen) atoms. The van der Waals surface area contributed by atoms with Crippen molar-refractivity contribution in [3.05, 3.63) is 40.9 Å². The lowest BCUT2D eigenvalue weighted by Gasteiger charge is -2.24. The van der Waals surface area contributed by atoms with E-state index in [1.165, 1.54) is 19.2 Å². The normalized spacial score (nSPS) is 27.1. The maximum Gasteiger partial charge on any atom is 0.339 e. The van der Waals surface area contributed by atoms with Crippen LogP contribution in [0.3, 0.4) is 0 Å². The fraction of sp³-hybridized carbons (Fsp3) is 0.353. The number of halogens is 1. The number of nitrogens with one attached hydrogen (secondary N) is 1. The van der Waals surface area contributed by atoms with Crippen LogP contribution in [-0.4, -0.2) is 30.1 Å². The summed E-state index contributed by atoms with van der Waals surface area (Å²) in [6.45, 7) is 0. The van der Waals surface area contributed by atoms with Gasteiger partial charge < -0.3 is 15.2 Å². The number of rotatable bonds is 4. The van der Waals surface area contributed by atoms with Crippen LogP contribution in [0.15, 0.2) is 30.4 Å². The number of fused-ring (bicyclic) bond motifs is 2. The van der Waals surface area contributed by atoms with Crippen LogP contribution in [0, 0.1) is 23.7 Å². The number of aliphatic carboxylic acids is 1. The van der Waals surface area contributed by atoms with Crippen LogP contribution in [-0.2, 0) is 14.3 Å². The fourth-order valence-corrected chi connectivity index (χ4v) is 3.81. The molecule has 0 aliphatic heterocycles. The molecule has 126 valence electrons. The first-order valence-corrected chi connectivity index (χ1v) is 7.90. The zero-order valence-electron chi connectivity index (χ0n) is 12.9. The molecule has 0 saturated heterocycles. The van der Waals surface area contributed by atoms with E-state index in [1.54, 1.807) is 6.07 Å². The molecule has 0 radical (unpaired) electrons. The Bertz CT molecular complexity index is 744. The maximum absolute atomic E-state index is 12.6. The number of anilines is 1. The fourth-order valence-electron chi connectivity index (χ4n) is 3.61. The van der Waals surface area contributed by atoms with Gasteiger partial charge in [0.2, 0.25) is 5.91 Å². The predicted octanol–water partition coefficient (Wildman–Crippen LogP) is 2.59. The van der Waals surface area contributed by atoms with Crippen molar-refractivity contribution in [2.75, 3.05) is 12.4 Å². The van der Waals surface area contributed by atoms with Crippen LogP contribution < -0.4 is 5.32 Å². The highest BCUT2D eigenvalue weighted by atomic mass is 35.5. The molecule has 0 heterocycles. The van der Waals surface area contributed by atoms with Crippen LogP contribution in [0.2, 0.25) is 5.02 Å². The van der Waals surface area contributed by atoms with Crippen molar-refractivity contribution in [1.82, 2.24) is 0 Å². The third kappa shape index (κ3) is 2.78. The number of carbonyl (C=O) groups excluding carboxylic acids is 2. The van der Waals surface area contributed by atoms with Gasteiger partial charge >= 0.3 is 11.9 Å². The van der Waals surface area contributed by atoms with Gasteiger partial charge in [0.05, 0.1) is 29.5 Å². The second-order valence-electron chi connectivity index (χ2n) is 6.01. The lowest BCUT2D eigenvalue weighted by atomic mass is 9.82. The summed E-state index contributed by atoms with van der Waals surface area (Å²) >= 11 is 5.95. The number of hydrogen-bond donors (Lipinski definition) is 2. The summed E-state index contributed by atoms with van der Waals surface area (Å²) in [5, 5.41) is 12.3. The molecule has 2 N–H and O–H groups in total. The average molecular weight is 350 g/mol. The minimum Gasteiger partial charge on any atom is -0.481 e. The number of ether oxygens (including phenoxy) is 1. The first-order valence-electron chi connectivity index (χ1n) is 7.52. The Morgan fingerprint density at radius 1 is 1.21 bits per heavy atom. The minimum atomic E-state index is -0.960. The lowest BCUT2D eigenvalue weighted by molar-refractivity contribution is -0.146. The van der Waals surface area contributed by atoms with Gasteiger partial charge in [0.1, 0.15) is 0 Å². The first-order chi connectivity index (χ1) is 11.4. The van der Waals surface area contributed by atoms with E-state index in [0.29, 0.717) is 12.1 Å². The second kappa shape index (κ2) is 6.28. The van der Waals surface area contributed by atoms with Crippen molar-refractivity contribution in [3.8, 4) is 0 Å². The highest BCUT2D eigenvalue weighted by Gasteiger charge is 2.51. The van der Waals surface area contributed by atoms with Crippen molar-refractivity contribution < 1.29 is 24.2 Å². The molecule has 0 unspecified atom stereocenters. The molecule has 1 fully saturated rings. The van der Waals surface area contributed by atoms with Crippen LogP contribution >= 0.6 is 11.6 Å². The molecule has 0 aromatic heterocycles. The van der Waals surface area contributed by atoms with Gasteiger partial charge in [0.15, 0.2) is 0 Å². The van der Waals surface area contributed by atoms with Gasteiger partial charge in [-0.25, -0.2) is 4.79 Å². The predicted molar refractivity (Wildman–Crippen MR) is 86.8 cm³/mol. The molecular formula is C17H16ClNO5. The van der Waals surface area contributed by atoms with Crippen molar-refractivity contribution >= 4 is 35.1 Å². The van der Waals surface area contributed by atoms with Gasteiger partial charge in [-0.2, -0.15) is 0 Å². The van der Waals surface area contributed by atoms with Gasteiger partial charge in [0, 0.05) is 5.69 Å². The monoisotopic (exact) mass is 349 g/mol. The van der Waals surface area contributed by atoms with Gasteiger partial charge in [-0.1, -0.05) is 23.8 Å². The number of carboxylic acids is 1. The standard InChI is InChI=1S/C17H16ClNO5/c1-24-17(23)11-7-10(4-5-12(11)18)19-15(20)13-8-2-3-9(6-8)14(13)16(21)22/h2-5,7-9,13-14H,6H2,1H3,(H,19,20)(H,21,22)/t8-,9-,13+,14-/m0/s1. The van der Waals surface area contributed by atoms with Gasteiger partial charge in [-0.15, -0.1) is 0 Å². The van der Waals surface area contributed by atoms with Crippen LogP contribution in [0.5, 0.6) is 0 Å². The summed E-state index contributed by atoms with van der Waals surface area (Å²) < 4.78 is 4.64. The summed E-state index contributed by atoms with van der Waals surface area (Å²) in [6.07, 6.45) is 4.48. The summed E-state index contributed by atoms with van der Waals surface area (Å²) in [4.78, 5) is 35.8. The molecule has 1 saturated carbocycles. The Labute approximate surface area is 143 Å². The molecule has 6 nitrogen and oxygen atoms in total. The number of hydrogen-bond acceptors (Lipinski definition) is 4. The number of methoxy groups -OCH3 is 1. The Balaban J connectivity index is 1.81. The van der Waals surface area contributed by atoms with Gasteiger partial charge in [0.25, 0.3) is 0 Å². The Morgan fingerprint density at radius 3 is 2.50 bits per heavy atom. The lowest BCUT2D eigenvalue weighted by Crippen LogP contribution is -2.36. The summed E-state index contributed by atoms with van der Waals surface area (Å²) in [6, 6.07) is 4.47. The molecule has 1 amide bonds. The molecule has 7 heteroatoms. The summed E-state index contributed by atoms with van der Waals surface area (Å²) in [5.74, 6) is -3.43. The molecule has 1 aromatic carbocycles. The smallest absolute Gasteiger partial charge is 0.339 e. The number of carboxylic acid groups (broad SMARTS) is 1. The molecule has 3 rings (SSSR count). The molecule has 1 aromatic rings. The van der Waals surface area contributed by atoms with Crippen molar-refractivity contribution in [2.24, 2.45) is 23.7 Å². The molecule has 0 spiro atoms. The third-order valence-corrected chi connectivity index (χ3v) is 5.02. The number of esters is 1. The second-order valence-corrected chi connectivity index (χ2v) is 6.42. The van der Waals surface area contributed by atoms with E-state index in [4.69, 9.17) is 11.6 Å². The number of benzene rings is 1. The molecule has 2 aliphatic rings. The maximum atomic E-state index is 12.6. The molecule has 2 aliphatic carbocycles. The molecule has 2 bridgehead atoms. The van der Waals surface area contributed by atoms with Crippen molar-refractivity contribution in [2.45, 2.75) is 6.42 Å². The Morgan fingerprint density at radius 2 is 1.88 bits per heavy atom.